The van der Waals surface area contributed by atoms with E-state index in [1.807, 2.05) is 37.3 Å². The number of hydrogen-bond donors (Lipinski definition) is 1. The Kier molecular flexibility index (Phi) is 4.21. The van der Waals surface area contributed by atoms with Gasteiger partial charge in [0, 0.05) is 22.7 Å². The van der Waals surface area contributed by atoms with E-state index in [1.165, 1.54) is 0 Å². The highest BCUT2D eigenvalue weighted by atomic mass is 16.5. The highest BCUT2D eigenvalue weighted by molar-refractivity contribution is 5.92. The Hall–Kier alpha value is -3.08. The van der Waals surface area contributed by atoms with E-state index >= 15 is 0 Å². The molecular formula is C21H19NO4. The van der Waals surface area contributed by atoms with Crippen LogP contribution in [0.1, 0.15) is 23.1 Å². The third-order valence-electron chi connectivity index (χ3n) is 4.65. The fourth-order valence-electron chi connectivity index (χ4n) is 3.34. The molecule has 1 N–H and O–H groups in total. The summed E-state index contributed by atoms with van der Waals surface area (Å²) in [5.74, 6) is 0.252. The molecule has 0 aliphatic heterocycles. The lowest BCUT2D eigenvalue weighted by molar-refractivity contribution is -0.118. The van der Waals surface area contributed by atoms with Crippen LogP contribution < -0.4 is 15.7 Å². The fourth-order valence-corrected chi connectivity index (χ4v) is 3.34. The van der Waals surface area contributed by atoms with Crippen LogP contribution >= 0.6 is 0 Å². The van der Waals surface area contributed by atoms with Crippen molar-refractivity contribution in [2.45, 2.75) is 26.2 Å². The van der Waals surface area contributed by atoms with E-state index in [9.17, 15) is 9.59 Å². The van der Waals surface area contributed by atoms with Crippen LogP contribution in [0.5, 0.6) is 5.75 Å². The zero-order valence-corrected chi connectivity index (χ0v) is 14.5. The molecular weight excluding hydrogens is 330 g/mol. The summed E-state index contributed by atoms with van der Waals surface area (Å²) in [6.45, 7) is 1.87. The summed E-state index contributed by atoms with van der Waals surface area (Å²) in [5.41, 5.74) is 3.97. The van der Waals surface area contributed by atoms with Crippen LogP contribution in [0.2, 0.25) is 0 Å². The molecule has 0 radical (unpaired) electrons. The number of carbonyl (C=O) groups is 1. The molecule has 5 nitrogen and oxygen atoms in total. The third-order valence-corrected chi connectivity index (χ3v) is 4.65. The Morgan fingerprint density at radius 1 is 1.12 bits per heavy atom. The number of benzene rings is 2. The van der Waals surface area contributed by atoms with E-state index in [0.29, 0.717) is 11.3 Å². The molecule has 2 aromatic carbocycles. The highest BCUT2D eigenvalue weighted by Gasteiger charge is 2.19. The molecule has 1 aromatic heterocycles. The summed E-state index contributed by atoms with van der Waals surface area (Å²) in [6, 6.07) is 12.9. The van der Waals surface area contributed by atoms with Crippen molar-refractivity contribution in [3.63, 3.8) is 0 Å². The number of rotatable bonds is 4. The molecule has 1 amide bonds. The number of nitrogens with one attached hydrogen (secondary N) is 1. The predicted molar refractivity (Wildman–Crippen MR) is 99.8 cm³/mol. The summed E-state index contributed by atoms with van der Waals surface area (Å²) >= 11 is 0. The van der Waals surface area contributed by atoms with Crippen LogP contribution in [0.4, 0.5) is 5.69 Å². The van der Waals surface area contributed by atoms with Crippen LogP contribution in [0.15, 0.2) is 51.7 Å². The molecule has 0 atom stereocenters. The molecule has 1 aliphatic carbocycles. The van der Waals surface area contributed by atoms with Gasteiger partial charge in [-0.05, 0) is 56.0 Å². The van der Waals surface area contributed by atoms with Gasteiger partial charge in [0.05, 0.1) is 0 Å². The molecule has 5 heteroatoms. The summed E-state index contributed by atoms with van der Waals surface area (Å²) in [7, 11) is 0. The molecule has 0 saturated carbocycles. The van der Waals surface area contributed by atoms with E-state index in [0.717, 1.165) is 47.0 Å². The van der Waals surface area contributed by atoms with Gasteiger partial charge >= 0.3 is 5.63 Å². The second-order valence-electron chi connectivity index (χ2n) is 6.56. The first-order chi connectivity index (χ1) is 12.6. The van der Waals surface area contributed by atoms with Gasteiger partial charge in [-0.2, -0.15) is 0 Å². The largest absolute Gasteiger partial charge is 0.484 e. The molecule has 0 bridgehead atoms. The molecule has 132 valence electrons. The SMILES string of the molecule is Cc1ccc(NC(=O)COc2ccc3c4c(c(=O)oc3c2)CCC4)cc1. The molecule has 1 aliphatic rings. The first kappa shape index (κ1) is 16.4. The number of fused-ring (bicyclic) bond motifs is 3. The standard InChI is InChI=1S/C21H19NO4/c1-13-5-7-14(8-6-13)22-20(23)12-25-15-9-10-17-16-3-2-4-18(16)21(24)26-19(17)11-15/h5-11H,2-4,12H2,1H3,(H,22,23). The zero-order valence-electron chi connectivity index (χ0n) is 14.5. The summed E-state index contributed by atoms with van der Waals surface area (Å²) in [4.78, 5) is 24.1. The number of aryl methyl sites for hydroxylation is 2. The molecule has 0 fully saturated rings. The van der Waals surface area contributed by atoms with Crippen molar-refractivity contribution in [3.8, 4) is 5.75 Å². The van der Waals surface area contributed by atoms with Crippen molar-refractivity contribution in [1.82, 2.24) is 0 Å². The third kappa shape index (κ3) is 3.20. The van der Waals surface area contributed by atoms with E-state index in [1.54, 1.807) is 12.1 Å². The van der Waals surface area contributed by atoms with E-state index in [-0.39, 0.29) is 18.1 Å². The maximum atomic E-state index is 12.1. The van der Waals surface area contributed by atoms with Crippen LogP contribution in [0.25, 0.3) is 11.0 Å². The second kappa shape index (κ2) is 6.67. The van der Waals surface area contributed by atoms with Gasteiger partial charge < -0.3 is 14.5 Å². The van der Waals surface area contributed by atoms with Gasteiger partial charge in [-0.25, -0.2) is 4.79 Å². The predicted octanol–water partition coefficient (Wildman–Crippen LogP) is 3.61. The molecule has 26 heavy (non-hydrogen) atoms. The summed E-state index contributed by atoms with van der Waals surface area (Å²) < 4.78 is 11.0. The molecule has 0 saturated heterocycles. The number of carbonyl (C=O) groups excluding carboxylic acids is 1. The Labute approximate surface area is 150 Å². The number of ether oxygens (including phenoxy) is 1. The fraction of sp³-hybridized carbons (Fsp3) is 0.238. The smallest absolute Gasteiger partial charge is 0.339 e. The molecule has 3 aromatic rings. The quantitative estimate of drug-likeness (QED) is 0.731. The topological polar surface area (TPSA) is 68.5 Å². The maximum absolute atomic E-state index is 12.1. The number of amides is 1. The maximum Gasteiger partial charge on any atom is 0.339 e. The van der Waals surface area contributed by atoms with E-state index in [4.69, 9.17) is 9.15 Å². The molecule has 4 rings (SSSR count). The van der Waals surface area contributed by atoms with E-state index < -0.39 is 0 Å². The van der Waals surface area contributed by atoms with Gasteiger partial charge in [0.15, 0.2) is 6.61 Å². The number of anilines is 1. The van der Waals surface area contributed by atoms with Gasteiger partial charge in [0.25, 0.3) is 5.91 Å². The van der Waals surface area contributed by atoms with Crippen molar-refractivity contribution < 1.29 is 13.9 Å². The Morgan fingerprint density at radius 3 is 2.69 bits per heavy atom. The molecule has 0 unspecified atom stereocenters. The van der Waals surface area contributed by atoms with Gasteiger partial charge in [-0.15, -0.1) is 0 Å². The Bertz CT molecular complexity index is 1030. The van der Waals surface area contributed by atoms with Crippen molar-refractivity contribution in [1.29, 1.82) is 0 Å². The van der Waals surface area contributed by atoms with Crippen LogP contribution in [-0.4, -0.2) is 12.5 Å². The summed E-state index contributed by atoms with van der Waals surface area (Å²) in [6.07, 6.45) is 2.66. The average Bonchev–Trinajstić information content (AvgIpc) is 3.12. The lowest BCUT2D eigenvalue weighted by Gasteiger charge is -2.09. The van der Waals surface area contributed by atoms with Crippen LogP contribution in [0, 0.1) is 6.92 Å². The van der Waals surface area contributed by atoms with Crippen molar-refractivity contribution in [2.75, 3.05) is 11.9 Å². The minimum Gasteiger partial charge on any atom is -0.484 e. The highest BCUT2D eigenvalue weighted by Crippen LogP contribution is 2.29. The second-order valence-corrected chi connectivity index (χ2v) is 6.56. The van der Waals surface area contributed by atoms with Crippen molar-refractivity contribution >= 4 is 22.6 Å². The lowest BCUT2D eigenvalue weighted by atomic mass is 10.1. The first-order valence-corrected chi connectivity index (χ1v) is 8.68. The van der Waals surface area contributed by atoms with E-state index in [2.05, 4.69) is 5.32 Å². The van der Waals surface area contributed by atoms with Gasteiger partial charge in [-0.3, -0.25) is 4.79 Å². The summed E-state index contributed by atoms with van der Waals surface area (Å²) in [5, 5.41) is 3.73. The minimum absolute atomic E-state index is 0.117. The monoisotopic (exact) mass is 349 g/mol. The van der Waals surface area contributed by atoms with Gasteiger partial charge in [-0.1, -0.05) is 17.7 Å². The average molecular weight is 349 g/mol. The molecule has 1 heterocycles. The van der Waals surface area contributed by atoms with Crippen LogP contribution in [0.3, 0.4) is 0 Å². The first-order valence-electron chi connectivity index (χ1n) is 8.68. The lowest BCUT2D eigenvalue weighted by Crippen LogP contribution is -2.20. The van der Waals surface area contributed by atoms with Crippen molar-refractivity contribution in [2.24, 2.45) is 0 Å². The van der Waals surface area contributed by atoms with Gasteiger partial charge in [0.2, 0.25) is 0 Å². The molecule has 0 spiro atoms. The number of hydrogen-bond acceptors (Lipinski definition) is 4. The minimum atomic E-state index is -0.265. The zero-order chi connectivity index (χ0) is 18.1. The van der Waals surface area contributed by atoms with Crippen molar-refractivity contribution in [3.05, 3.63) is 69.6 Å². The Balaban J connectivity index is 1.47. The van der Waals surface area contributed by atoms with Gasteiger partial charge in [0.1, 0.15) is 11.3 Å². The normalized spacial score (nSPS) is 12.8. The van der Waals surface area contributed by atoms with Crippen LogP contribution in [-0.2, 0) is 17.6 Å². The Morgan fingerprint density at radius 2 is 1.88 bits per heavy atom.